The molecule has 0 saturated carbocycles. The highest BCUT2D eigenvalue weighted by molar-refractivity contribution is 7.92. The molecule has 1 aliphatic heterocycles. The molecule has 0 bridgehead atoms. The van der Waals surface area contributed by atoms with Crippen LogP contribution in [0.1, 0.15) is 47.1 Å². The fourth-order valence-electron chi connectivity index (χ4n) is 3.43. The van der Waals surface area contributed by atoms with Gasteiger partial charge in [0.1, 0.15) is 0 Å². The fraction of sp³-hybridized carbons (Fsp3) is 0.391. The van der Waals surface area contributed by atoms with Crippen molar-refractivity contribution in [2.24, 2.45) is 0 Å². The van der Waals surface area contributed by atoms with E-state index in [1.807, 2.05) is 13.8 Å². The van der Waals surface area contributed by atoms with E-state index in [2.05, 4.69) is 0 Å². The molecule has 1 heterocycles. The van der Waals surface area contributed by atoms with Crippen molar-refractivity contribution in [3.05, 3.63) is 53.1 Å². The Morgan fingerprint density at radius 3 is 2.44 bits per heavy atom. The Hall–Kier alpha value is -3.07. The van der Waals surface area contributed by atoms with Crippen LogP contribution in [0, 0.1) is 0 Å². The summed E-state index contributed by atoms with van der Waals surface area (Å²) in [4.78, 5) is 25.0. The van der Waals surface area contributed by atoms with Gasteiger partial charge in [-0.1, -0.05) is 0 Å². The van der Waals surface area contributed by atoms with Gasteiger partial charge in [0.25, 0.3) is 0 Å². The van der Waals surface area contributed by atoms with Crippen LogP contribution in [0.4, 0.5) is 5.69 Å². The predicted molar refractivity (Wildman–Crippen MR) is 120 cm³/mol. The standard InChI is InChI=1S/C23H27NO7S/c1-5-32(27,28)24-11-10-16-12-17(6-8-19(16)24)20(25)14-30-23(26)18-7-9-21(31-15(2)3)22(13-18)29-4/h6-9,12-13,15H,5,10-11,14H2,1-4H3. The molecule has 0 spiro atoms. The maximum atomic E-state index is 12.6. The molecule has 0 radical (unpaired) electrons. The Morgan fingerprint density at radius 1 is 1.06 bits per heavy atom. The minimum atomic E-state index is -3.35. The monoisotopic (exact) mass is 461 g/mol. The summed E-state index contributed by atoms with van der Waals surface area (Å²) >= 11 is 0. The van der Waals surface area contributed by atoms with Gasteiger partial charge < -0.3 is 14.2 Å². The van der Waals surface area contributed by atoms with Crippen LogP contribution in [-0.2, 0) is 21.2 Å². The molecule has 172 valence electrons. The van der Waals surface area contributed by atoms with E-state index >= 15 is 0 Å². The molecule has 8 nitrogen and oxygen atoms in total. The Kier molecular flexibility index (Phi) is 7.08. The molecule has 0 aromatic heterocycles. The van der Waals surface area contributed by atoms with Crippen molar-refractivity contribution < 1.29 is 32.2 Å². The first-order valence-electron chi connectivity index (χ1n) is 10.3. The summed E-state index contributed by atoms with van der Waals surface area (Å²) in [6.45, 7) is 5.29. The normalized spacial score (nSPS) is 13.1. The van der Waals surface area contributed by atoms with E-state index in [1.165, 1.54) is 17.5 Å². The SMILES string of the molecule is CCS(=O)(=O)N1CCc2cc(C(=O)COC(=O)c3ccc(OC(C)C)c(OC)c3)ccc21. The van der Waals surface area contributed by atoms with Gasteiger partial charge in [-0.2, -0.15) is 0 Å². The summed E-state index contributed by atoms with van der Waals surface area (Å²) in [5.41, 5.74) is 1.98. The Morgan fingerprint density at radius 2 is 1.78 bits per heavy atom. The van der Waals surface area contributed by atoms with E-state index in [0.29, 0.717) is 35.7 Å². The van der Waals surface area contributed by atoms with Crippen molar-refractivity contribution in [1.29, 1.82) is 0 Å². The number of Topliss-reactive ketones (excluding diaryl/α,β-unsaturated/α-hetero) is 1. The summed E-state index contributed by atoms with van der Waals surface area (Å²) in [5, 5.41) is 0. The molecule has 0 aliphatic carbocycles. The number of rotatable bonds is 9. The van der Waals surface area contributed by atoms with Gasteiger partial charge in [-0.05, 0) is 69.2 Å². The number of carbonyl (C=O) groups excluding carboxylic acids is 2. The van der Waals surface area contributed by atoms with Gasteiger partial charge in [-0.25, -0.2) is 13.2 Å². The van der Waals surface area contributed by atoms with Crippen LogP contribution < -0.4 is 13.8 Å². The molecule has 2 aromatic rings. The molecule has 0 saturated heterocycles. The van der Waals surface area contributed by atoms with E-state index < -0.39 is 22.6 Å². The summed E-state index contributed by atoms with van der Waals surface area (Å²) in [5.74, 6) is -0.116. The molecule has 32 heavy (non-hydrogen) atoms. The molecular weight excluding hydrogens is 434 g/mol. The number of ether oxygens (including phenoxy) is 3. The molecular formula is C23H27NO7S. The average molecular weight is 462 g/mol. The van der Waals surface area contributed by atoms with Gasteiger partial charge in [0, 0.05) is 12.1 Å². The molecule has 2 aromatic carbocycles. The van der Waals surface area contributed by atoms with E-state index in [0.717, 1.165) is 5.56 Å². The van der Waals surface area contributed by atoms with Crippen LogP contribution >= 0.6 is 0 Å². The van der Waals surface area contributed by atoms with Gasteiger partial charge >= 0.3 is 5.97 Å². The minimum absolute atomic E-state index is 0.0123. The van der Waals surface area contributed by atoms with Crippen LogP contribution in [0.15, 0.2) is 36.4 Å². The van der Waals surface area contributed by atoms with Crippen molar-refractivity contribution in [3.63, 3.8) is 0 Å². The zero-order valence-electron chi connectivity index (χ0n) is 18.6. The van der Waals surface area contributed by atoms with Gasteiger partial charge in [0.2, 0.25) is 10.0 Å². The summed E-state index contributed by atoms with van der Waals surface area (Å²) in [6, 6.07) is 9.52. The molecule has 3 rings (SSSR count). The lowest BCUT2D eigenvalue weighted by molar-refractivity contribution is 0.0474. The first-order valence-corrected chi connectivity index (χ1v) is 12.0. The van der Waals surface area contributed by atoms with Crippen LogP contribution in [0.5, 0.6) is 11.5 Å². The zero-order chi connectivity index (χ0) is 23.5. The van der Waals surface area contributed by atoms with Gasteiger partial charge in [0.15, 0.2) is 23.9 Å². The highest BCUT2D eigenvalue weighted by atomic mass is 32.2. The molecule has 0 N–H and O–H groups in total. The van der Waals surface area contributed by atoms with Crippen LogP contribution in [0.2, 0.25) is 0 Å². The summed E-state index contributed by atoms with van der Waals surface area (Å²) < 4.78 is 41.9. The van der Waals surface area contributed by atoms with Crippen molar-refractivity contribution in [2.75, 3.05) is 30.3 Å². The van der Waals surface area contributed by atoms with Crippen molar-refractivity contribution in [2.45, 2.75) is 33.3 Å². The quantitative estimate of drug-likeness (QED) is 0.418. The van der Waals surface area contributed by atoms with E-state index in [-0.39, 0.29) is 23.2 Å². The number of fused-ring (bicyclic) bond motifs is 1. The number of ketones is 1. The number of carbonyl (C=O) groups is 2. The number of anilines is 1. The fourth-order valence-corrected chi connectivity index (χ4v) is 4.59. The maximum Gasteiger partial charge on any atom is 0.338 e. The van der Waals surface area contributed by atoms with Gasteiger partial charge in [0.05, 0.1) is 30.2 Å². The highest BCUT2D eigenvalue weighted by Gasteiger charge is 2.28. The number of methoxy groups -OCH3 is 1. The largest absolute Gasteiger partial charge is 0.493 e. The molecule has 0 fully saturated rings. The van der Waals surface area contributed by atoms with E-state index in [9.17, 15) is 18.0 Å². The Balaban J connectivity index is 1.67. The lowest BCUT2D eigenvalue weighted by atomic mass is 10.1. The van der Waals surface area contributed by atoms with Crippen molar-refractivity contribution in [3.8, 4) is 11.5 Å². The van der Waals surface area contributed by atoms with Crippen LogP contribution in [0.25, 0.3) is 0 Å². The topological polar surface area (TPSA) is 99.2 Å². The second-order valence-electron chi connectivity index (χ2n) is 7.60. The van der Waals surface area contributed by atoms with Crippen LogP contribution in [0.3, 0.4) is 0 Å². The Bertz CT molecular complexity index is 1130. The minimum Gasteiger partial charge on any atom is -0.493 e. The summed E-state index contributed by atoms with van der Waals surface area (Å²) in [6.07, 6.45) is 0.473. The second kappa shape index (κ2) is 9.60. The average Bonchev–Trinajstić information content (AvgIpc) is 3.21. The highest BCUT2D eigenvalue weighted by Crippen LogP contribution is 2.32. The number of hydrogen-bond donors (Lipinski definition) is 0. The molecule has 0 atom stereocenters. The smallest absolute Gasteiger partial charge is 0.338 e. The predicted octanol–water partition coefficient (Wildman–Crippen LogP) is 3.23. The van der Waals surface area contributed by atoms with Gasteiger partial charge in [-0.15, -0.1) is 0 Å². The number of sulfonamides is 1. The zero-order valence-corrected chi connectivity index (χ0v) is 19.4. The molecule has 0 amide bonds. The first-order chi connectivity index (χ1) is 15.2. The second-order valence-corrected chi connectivity index (χ2v) is 9.78. The number of nitrogens with zero attached hydrogens (tertiary/aromatic N) is 1. The van der Waals surface area contributed by atoms with E-state index in [1.54, 1.807) is 37.3 Å². The number of hydrogen-bond acceptors (Lipinski definition) is 7. The molecule has 9 heteroatoms. The first kappa shape index (κ1) is 23.6. The third-order valence-electron chi connectivity index (χ3n) is 5.05. The lowest BCUT2D eigenvalue weighted by Crippen LogP contribution is -2.30. The third-order valence-corrected chi connectivity index (χ3v) is 6.83. The number of esters is 1. The van der Waals surface area contributed by atoms with Crippen molar-refractivity contribution >= 4 is 27.5 Å². The van der Waals surface area contributed by atoms with Crippen LogP contribution in [-0.4, -0.2) is 52.3 Å². The van der Waals surface area contributed by atoms with E-state index in [4.69, 9.17) is 14.2 Å². The third kappa shape index (κ3) is 5.04. The molecule has 1 aliphatic rings. The molecule has 0 unspecified atom stereocenters. The Labute approximate surface area is 188 Å². The summed E-state index contributed by atoms with van der Waals surface area (Å²) in [7, 11) is -1.88. The number of benzene rings is 2. The maximum absolute atomic E-state index is 12.6. The van der Waals surface area contributed by atoms with Crippen molar-refractivity contribution in [1.82, 2.24) is 0 Å². The lowest BCUT2D eigenvalue weighted by Gasteiger charge is -2.18. The van der Waals surface area contributed by atoms with Gasteiger partial charge in [-0.3, -0.25) is 9.10 Å².